The molecule has 2 aromatic rings. The van der Waals surface area contributed by atoms with Gasteiger partial charge in [-0.1, -0.05) is 6.07 Å². The minimum atomic E-state index is -3.55. The maximum Gasteiger partial charge on any atom is 0.310 e. The number of ether oxygens (including phenoxy) is 2. The molecule has 2 heterocycles. The van der Waals surface area contributed by atoms with Crippen LogP contribution in [0.4, 0.5) is 22.0 Å². The van der Waals surface area contributed by atoms with E-state index in [1.165, 1.54) is 18.2 Å². The lowest BCUT2D eigenvalue weighted by molar-refractivity contribution is -0.117. The van der Waals surface area contributed by atoms with Gasteiger partial charge in [0.25, 0.3) is 12.4 Å². The summed E-state index contributed by atoms with van der Waals surface area (Å²) in [6.07, 6.45) is -1.81. The van der Waals surface area contributed by atoms with Crippen LogP contribution in [-0.2, 0) is 16.7 Å². The zero-order chi connectivity index (χ0) is 22.8. The molecule has 1 aliphatic rings. The number of hydrogen-bond donors (Lipinski definition) is 1. The highest BCUT2D eigenvalue weighted by Gasteiger charge is 2.56. The molecule has 11 heteroatoms. The third-order valence-corrected chi connectivity index (χ3v) is 4.77. The molecule has 0 saturated carbocycles. The van der Waals surface area contributed by atoms with E-state index in [-0.39, 0.29) is 23.4 Å². The van der Waals surface area contributed by atoms with Crippen molar-refractivity contribution in [2.75, 3.05) is 13.2 Å². The molecule has 2 N–H and O–H groups in total. The van der Waals surface area contributed by atoms with Crippen LogP contribution in [0.15, 0.2) is 41.5 Å². The summed E-state index contributed by atoms with van der Waals surface area (Å²) < 4.78 is 77.2. The van der Waals surface area contributed by atoms with E-state index in [2.05, 4.69) is 14.7 Å². The van der Waals surface area contributed by atoms with Gasteiger partial charge in [-0.3, -0.25) is 4.79 Å². The maximum absolute atomic E-state index is 14.5. The van der Waals surface area contributed by atoms with E-state index in [1.54, 1.807) is 0 Å². The van der Waals surface area contributed by atoms with Crippen molar-refractivity contribution in [1.82, 2.24) is 4.98 Å². The Balaban J connectivity index is 1.82. The molecule has 0 amide bonds. The first kappa shape index (κ1) is 22.4. The first-order chi connectivity index (χ1) is 14.5. The van der Waals surface area contributed by atoms with Crippen molar-refractivity contribution < 1.29 is 36.2 Å². The number of benzene rings is 1. The van der Waals surface area contributed by atoms with E-state index in [0.29, 0.717) is 0 Å². The van der Waals surface area contributed by atoms with Crippen molar-refractivity contribution >= 4 is 11.8 Å². The molecule has 0 bridgehead atoms. The number of nitrogens with two attached hydrogens (primary N) is 1. The van der Waals surface area contributed by atoms with Gasteiger partial charge in [0.2, 0.25) is 0 Å². The normalized spacial score (nSPS) is 20.2. The summed E-state index contributed by atoms with van der Waals surface area (Å²) in [6.45, 7) is -0.841. The predicted molar refractivity (Wildman–Crippen MR) is 100 cm³/mol. The Morgan fingerprint density at radius 3 is 2.68 bits per heavy atom. The number of pyridine rings is 1. The summed E-state index contributed by atoms with van der Waals surface area (Å²) in [7, 11) is 0. The fourth-order valence-electron chi connectivity index (χ4n) is 3.02. The van der Waals surface area contributed by atoms with Gasteiger partial charge in [-0.05, 0) is 36.8 Å². The smallest absolute Gasteiger partial charge is 0.310 e. The van der Waals surface area contributed by atoms with Crippen LogP contribution >= 0.6 is 0 Å². The van der Waals surface area contributed by atoms with Gasteiger partial charge < -0.3 is 15.2 Å². The third-order valence-electron chi connectivity index (χ3n) is 4.77. The molecule has 0 spiro atoms. The lowest BCUT2D eigenvalue weighted by Crippen LogP contribution is -2.51. The number of alkyl halides is 4. The van der Waals surface area contributed by atoms with E-state index < -0.39 is 54.3 Å². The van der Waals surface area contributed by atoms with Crippen LogP contribution in [0.3, 0.4) is 0 Å². The van der Waals surface area contributed by atoms with Gasteiger partial charge in [0.05, 0.1) is 6.20 Å². The first-order valence-electron chi connectivity index (χ1n) is 9.07. The highest BCUT2D eigenvalue weighted by atomic mass is 19.3. The minimum Gasteiger partial charge on any atom is -0.486 e. The topological polar surface area (TPSA) is 86.8 Å². The van der Waals surface area contributed by atoms with Gasteiger partial charge in [-0.2, -0.15) is 8.78 Å². The number of aromatic nitrogens is 1. The number of amidine groups is 1. The lowest BCUT2D eigenvalue weighted by Gasteiger charge is -2.37. The SMILES string of the molecule is C[C@]1(c2cc(CC(=O)c3ccc(OCC(F)F)cn3)ccc2F)N=C(N)OCC1(F)F. The molecule has 0 unspecified atom stereocenters. The summed E-state index contributed by atoms with van der Waals surface area (Å²) in [5.41, 5.74) is 2.92. The summed E-state index contributed by atoms with van der Waals surface area (Å²) >= 11 is 0. The molecule has 3 rings (SSSR count). The predicted octanol–water partition coefficient (Wildman–Crippen LogP) is 3.49. The van der Waals surface area contributed by atoms with Crippen LogP contribution in [-0.4, -0.2) is 42.4 Å². The lowest BCUT2D eigenvalue weighted by atomic mass is 9.84. The van der Waals surface area contributed by atoms with E-state index in [0.717, 1.165) is 25.3 Å². The Morgan fingerprint density at radius 2 is 2.03 bits per heavy atom. The van der Waals surface area contributed by atoms with Crippen molar-refractivity contribution in [2.24, 2.45) is 10.7 Å². The van der Waals surface area contributed by atoms with Crippen molar-refractivity contribution in [3.63, 3.8) is 0 Å². The molecule has 0 radical (unpaired) electrons. The van der Waals surface area contributed by atoms with Crippen molar-refractivity contribution in [3.05, 3.63) is 59.2 Å². The molecule has 0 fully saturated rings. The summed E-state index contributed by atoms with van der Waals surface area (Å²) in [5, 5.41) is 0. The molecule has 166 valence electrons. The van der Waals surface area contributed by atoms with Crippen molar-refractivity contribution in [1.29, 1.82) is 0 Å². The van der Waals surface area contributed by atoms with Gasteiger partial charge in [-0.25, -0.2) is 23.1 Å². The third kappa shape index (κ3) is 4.75. The van der Waals surface area contributed by atoms with Crippen molar-refractivity contribution in [3.8, 4) is 5.75 Å². The number of ketones is 1. The quantitative estimate of drug-likeness (QED) is 0.523. The second-order valence-electron chi connectivity index (χ2n) is 7.01. The number of Topliss-reactive ketones (excluding diaryl/α,β-unsaturated/α-hetero) is 1. The van der Waals surface area contributed by atoms with Gasteiger partial charge in [0, 0.05) is 12.0 Å². The van der Waals surface area contributed by atoms with Gasteiger partial charge in [-0.15, -0.1) is 0 Å². The molecule has 1 aliphatic heterocycles. The fourth-order valence-corrected chi connectivity index (χ4v) is 3.02. The Labute approximate surface area is 173 Å². The van der Waals surface area contributed by atoms with Gasteiger partial charge in [0.15, 0.2) is 17.9 Å². The van der Waals surface area contributed by atoms with Crippen LogP contribution in [0.25, 0.3) is 0 Å². The van der Waals surface area contributed by atoms with E-state index in [4.69, 9.17) is 10.5 Å². The second kappa shape index (κ2) is 8.48. The number of carbonyl (C=O) groups is 1. The second-order valence-corrected chi connectivity index (χ2v) is 7.01. The monoisotopic (exact) mass is 443 g/mol. The maximum atomic E-state index is 14.5. The average Bonchev–Trinajstić information content (AvgIpc) is 2.71. The number of carbonyl (C=O) groups excluding carboxylic acids is 1. The molecular formula is C20H18F5N3O3. The number of rotatable bonds is 7. The zero-order valence-corrected chi connectivity index (χ0v) is 16.2. The molecule has 6 nitrogen and oxygen atoms in total. The molecular weight excluding hydrogens is 425 g/mol. The highest BCUT2D eigenvalue weighted by Crippen LogP contribution is 2.44. The molecule has 1 aromatic carbocycles. The standard InChI is InChI=1S/C20H18F5N3O3/c1-19(20(24,25)10-31-18(26)28-19)13-6-11(2-4-14(13)21)7-16(29)15-5-3-12(8-27-15)30-9-17(22)23/h2-6,8,17H,7,9-10H2,1H3,(H2,26,28)/t19-/m1/s1. The average molecular weight is 443 g/mol. The van der Waals surface area contributed by atoms with Crippen LogP contribution in [0.5, 0.6) is 5.75 Å². The fraction of sp³-hybridized carbons (Fsp3) is 0.350. The van der Waals surface area contributed by atoms with Crippen LogP contribution in [0.1, 0.15) is 28.5 Å². The summed E-state index contributed by atoms with van der Waals surface area (Å²) in [4.78, 5) is 20.0. The molecule has 31 heavy (non-hydrogen) atoms. The van der Waals surface area contributed by atoms with Gasteiger partial charge in [0.1, 0.15) is 23.9 Å². The number of halogens is 5. The molecule has 1 aromatic heterocycles. The Kier molecular flexibility index (Phi) is 6.14. The summed E-state index contributed by atoms with van der Waals surface area (Å²) in [5.74, 6) is -4.92. The molecule has 0 saturated heterocycles. The minimum absolute atomic E-state index is 0.000134. The number of hydrogen-bond acceptors (Lipinski definition) is 6. The Morgan fingerprint density at radius 1 is 1.29 bits per heavy atom. The molecule has 1 atom stereocenters. The van der Waals surface area contributed by atoms with Gasteiger partial charge >= 0.3 is 5.92 Å². The summed E-state index contributed by atoms with van der Waals surface area (Å²) in [6, 6.07) is 5.47. The van der Waals surface area contributed by atoms with E-state index in [9.17, 15) is 26.7 Å². The molecule has 0 aliphatic carbocycles. The zero-order valence-electron chi connectivity index (χ0n) is 16.2. The first-order valence-corrected chi connectivity index (χ1v) is 9.07. The number of aliphatic imine (C=N–C) groups is 1. The van der Waals surface area contributed by atoms with E-state index >= 15 is 0 Å². The van der Waals surface area contributed by atoms with Crippen molar-refractivity contribution in [2.45, 2.75) is 31.2 Å². The van der Waals surface area contributed by atoms with Crippen LogP contribution < -0.4 is 10.5 Å². The Hall–Kier alpha value is -3.24. The highest BCUT2D eigenvalue weighted by molar-refractivity contribution is 5.95. The Bertz CT molecular complexity index is 998. The van der Waals surface area contributed by atoms with Crippen LogP contribution in [0.2, 0.25) is 0 Å². The largest absolute Gasteiger partial charge is 0.486 e. The number of nitrogens with zero attached hydrogens (tertiary/aromatic N) is 2. The van der Waals surface area contributed by atoms with Crippen LogP contribution in [0, 0.1) is 5.82 Å². The van der Waals surface area contributed by atoms with E-state index in [1.807, 2.05) is 0 Å².